The third-order valence-corrected chi connectivity index (χ3v) is 5.98. The van der Waals surface area contributed by atoms with Gasteiger partial charge in [-0.15, -0.1) is 0 Å². The molecule has 7 heteroatoms. The average Bonchev–Trinajstić information content (AvgIpc) is 2.77. The van der Waals surface area contributed by atoms with E-state index in [1.165, 1.54) is 16.4 Å². The van der Waals surface area contributed by atoms with Crippen molar-refractivity contribution in [2.45, 2.75) is 25.2 Å². The second kappa shape index (κ2) is 5.02. The molecule has 0 aliphatic carbocycles. The van der Waals surface area contributed by atoms with Gasteiger partial charge in [0.25, 0.3) is 0 Å². The first kappa shape index (κ1) is 15.3. The van der Waals surface area contributed by atoms with Crippen molar-refractivity contribution in [3.05, 3.63) is 28.8 Å². The maximum atomic E-state index is 12.5. The maximum Gasteiger partial charge on any atom is 0.310 e. The molecule has 1 saturated heterocycles. The Kier molecular flexibility index (Phi) is 3.83. The van der Waals surface area contributed by atoms with Gasteiger partial charge in [0, 0.05) is 18.1 Å². The number of benzene rings is 1. The first-order valence-electron chi connectivity index (χ1n) is 6.16. The summed E-state index contributed by atoms with van der Waals surface area (Å²) in [6.45, 7) is 3.54. The van der Waals surface area contributed by atoms with E-state index >= 15 is 0 Å². The molecule has 0 spiro atoms. The van der Waals surface area contributed by atoms with Crippen molar-refractivity contribution >= 4 is 27.6 Å². The van der Waals surface area contributed by atoms with E-state index in [1.54, 1.807) is 19.9 Å². The van der Waals surface area contributed by atoms with E-state index in [-0.39, 0.29) is 18.0 Å². The lowest BCUT2D eigenvalue weighted by atomic mass is 9.90. The Morgan fingerprint density at radius 3 is 2.60 bits per heavy atom. The highest BCUT2D eigenvalue weighted by Crippen LogP contribution is 2.34. The van der Waals surface area contributed by atoms with Gasteiger partial charge < -0.3 is 5.11 Å². The fraction of sp³-hybridized carbons (Fsp3) is 0.462. The van der Waals surface area contributed by atoms with Gasteiger partial charge in [0.2, 0.25) is 10.0 Å². The number of nitrogens with zero attached hydrogens (tertiary/aromatic N) is 1. The largest absolute Gasteiger partial charge is 0.481 e. The molecule has 0 aromatic heterocycles. The molecule has 1 atom stereocenters. The molecule has 2 rings (SSSR count). The second-order valence-electron chi connectivity index (χ2n) is 5.37. The average molecular weight is 318 g/mol. The Bertz CT molecular complexity index is 658. The number of carboxylic acid groups (broad SMARTS) is 1. The van der Waals surface area contributed by atoms with Crippen molar-refractivity contribution in [1.29, 1.82) is 0 Å². The van der Waals surface area contributed by atoms with Gasteiger partial charge in [0.05, 0.1) is 10.3 Å². The maximum absolute atomic E-state index is 12.5. The number of hydrogen-bond donors (Lipinski definition) is 1. The molecule has 0 amide bonds. The van der Waals surface area contributed by atoms with Gasteiger partial charge in [-0.05, 0) is 38.0 Å². The normalized spacial score (nSPS) is 23.9. The number of rotatable bonds is 3. The third-order valence-electron chi connectivity index (χ3n) is 3.74. The lowest BCUT2D eigenvalue weighted by Crippen LogP contribution is -2.34. The fourth-order valence-corrected chi connectivity index (χ4v) is 4.02. The molecular formula is C13H16ClNO4S. The highest BCUT2D eigenvalue weighted by molar-refractivity contribution is 7.89. The van der Waals surface area contributed by atoms with Crippen molar-refractivity contribution in [2.24, 2.45) is 5.41 Å². The van der Waals surface area contributed by atoms with Crippen LogP contribution in [0, 0.1) is 12.3 Å². The molecule has 5 nitrogen and oxygen atoms in total. The quantitative estimate of drug-likeness (QED) is 0.926. The van der Waals surface area contributed by atoms with Crippen LogP contribution in [-0.2, 0) is 14.8 Å². The molecule has 1 aliphatic rings. The van der Waals surface area contributed by atoms with Crippen LogP contribution in [0.15, 0.2) is 23.1 Å². The van der Waals surface area contributed by atoms with Crippen LogP contribution in [0.3, 0.4) is 0 Å². The highest BCUT2D eigenvalue weighted by atomic mass is 35.5. The van der Waals surface area contributed by atoms with Gasteiger partial charge in [-0.25, -0.2) is 8.42 Å². The molecule has 1 aromatic carbocycles. The Labute approximate surface area is 123 Å². The summed E-state index contributed by atoms with van der Waals surface area (Å²) >= 11 is 5.96. The van der Waals surface area contributed by atoms with E-state index in [4.69, 9.17) is 16.7 Å². The van der Waals surface area contributed by atoms with Crippen LogP contribution in [0.4, 0.5) is 0 Å². The lowest BCUT2D eigenvalue weighted by molar-refractivity contribution is -0.146. The van der Waals surface area contributed by atoms with Crippen LogP contribution in [0.25, 0.3) is 0 Å². The van der Waals surface area contributed by atoms with Crippen molar-refractivity contribution in [2.75, 3.05) is 13.1 Å². The molecule has 0 radical (unpaired) electrons. The van der Waals surface area contributed by atoms with Crippen molar-refractivity contribution < 1.29 is 18.3 Å². The first-order chi connectivity index (χ1) is 9.17. The monoisotopic (exact) mass is 317 g/mol. The Hall–Kier alpha value is -1.11. The van der Waals surface area contributed by atoms with Crippen molar-refractivity contribution in [1.82, 2.24) is 4.31 Å². The van der Waals surface area contributed by atoms with Crippen molar-refractivity contribution in [3.8, 4) is 0 Å². The predicted octanol–water partition coefficient (Wildman–Crippen LogP) is 2.13. The molecule has 1 heterocycles. The number of sulfonamides is 1. The molecule has 20 heavy (non-hydrogen) atoms. The van der Waals surface area contributed by atoms with Crippen LogP contribution in [0.5, 0.6) is 0 Å². The van der Waals surface area contributed by atoms with Crippen LogP contribution in [0.2, 0.25) is 5.02 Å². The van der Waals surface area contributed by atoms with Gasteiger partial charge in [0.15, 0.2) is 0 Å². The van der Waals surface area contributed by atoms with Crippen LogP contribution in [0.1, 0.15) is 18.9 Å². The van der Waals surface area contributed by atoms with E-state index in [1.807, 2.05) is 0 Å². The number of aryl methyl sites for hydroxylation is 1. The zero-order chi connectivity index (χ0) is 15.1. The molecular weight excluding hydrogens is 302 g/mol. The van der Waals surface area contributed by atoms with Gasteiger partial charge in [-0.1, -0.05) is 17.7 Å². The SMILES string of the molecule is Cc1ccc(S(=O)(=O)N2CCC(C)(C(=O)O)C2)cc1Cl. The predicted molar refractivity (Wildman–Crippen MR) is 75.3 cm³/mol. The van der Waals surface area contributed by atoms with Crippen LogP contribution < -0.4 is 0 Å². The van der Waals surface area contributed by atoms with Crippen LogP contribution in [-0.4, -0.2) is 36.9 Å². The van der Waals surface area contributed by atoms with Gasteiger partial charge in [-0.3, -0.25) is 4.79 Å². The number of hydrogen-bond acceptors (Lipinski definition) is 3. The zero-order valence-electron chi connectivity index (χ0n) is 11.3. The zero-order valence-corrected chi connectivity index (χ0v) is 12.8. The molecule has 1 aromatic rings. The summed E-state index contributed by atoms with van der Waals surface area (Å²) in [5.41, 5.74) is -0.232. The topological polar surface area (TPSA) is 74.7 Å². The second-order valence-corrected chi connectivity index (χ2v) is 7.71. The smallest absolute Gasteiger partial charge is 0.310 e. The minimum absolute atomic E-state index is 0.0177. The standard InChI is InChI=1S/C13H16ClNO4S/c1-9-3-4-10(7-11(9)14)20(18,19)15-6-5-13(2,8-15)12(16)17/h3-4,7H,5-6,8H2,1-2H3,(H,16,17). The summed E-state index contributed by atoms with van der Waals surface area (Å²) in [5.74, 6) is -0.975. The Morgan fingerprint density at radius 1 is 1.45 bits per heavy atom. The lowest BCUT2D eigenvalue weighted by Gasteiger charge is -2.20. The number of carbonyl (C=O) groups is 1. The van der Waals surface area contributed by atoms with E-state index in [2.05, 4.69) is 0 Å². The summed E-state index contributed by atoms with van der Waals surface area (Å²) in [6, 6.07) is 4.54. The number of halogens is 1. The minimum Gasteiger partial charge on any atom is -0.481 e. The number of aliphatic carboxylic acids is 1. The van der Waals surface area contributed by atoms with Crippen LogP contribution >= 0.6 is 11.6 Å². The fourth-order valence-electron chi connectivity index (χ4n) is 2.18. The van der Waals surface area contributed by atoms with Gasteiger partial charge >= 0.3 is 5.97 Å². The highest BCUT2D eigenvalue weighted by Gasteiger charge is 2.44. The summed E-state index contributed by atoms with van der Waals surface area (Å²) < 4.78 is 26.2. The van der Waals surface area contributed by atoms with E-state index in [0.29, 0.717) is 11.4 Å². The molecule has 0 saturated carbocycles. The molecule has 1 fully saturated rings. The molecule has 1 N–H and O–H groups in total. The summed E-state index contributed by atoms with van der Waals surface area (Å²) in [7, 11) is -3.70. The molecule has 110 valence electrons. The summed E-state index contributed by atoms with van der Waals surface area (Å²) in [5, 5.41) is 9.55. The minimum atomic E-state index is -3.70. The summed E-state index contributed by atoms with van der Waals surface area (Å²) in [6.07, 6.45) is 0.307. The molecule has 1 aliphatic heterocycles. The van der Waals surface area contributed by atoms with E-state index < -0.39 is 21.4 Å². The Balaban J connectivity index is 2.33. The van der Waals surface area contributed by atoms with E-state index in [9.17, 15) is 13.2 Å². The third kappa shape index (κ3) is 2.55. The number of carboxylic acids is 1. The van der Waals surface area contributed by atoms with E-state index in [0.717, 1.165) is 5.56 Å². The first-order valence-corrected chi connectivity index (χ1v) is 7.98. The summed E-state index contributed by atoms with van der Waals surface area (Å²) in [4.78, 5) is 11.3. The van der Waals surface area contributed by atoms with Gasteiger partial charge in [0.1, 0.15) is 0 Å². The van der Waals surface area contributed by atoms with Gasteiger partial charge in [-0.2, -0.15) is 4.31 Å². The molecule has 0 bridgehead atoms. The van der Waals surface area contributed by atoms with Crippen molar-refractivity contribution in [3.63, 3.8) is 0 Å². The Morgan fingerprint density at radius 2 is 2.10 bits per heavy atom. The molecule has 1 unspecified atom stereocenters.